The molecular formula is C20H25N3O2. The van der Waals surface area contributed by atoms with Gasteiger partial charge in [0.2, 0.25) is 5.91 Å². The molecule has 0 radical (unpaired) electrons. The summed E-state index contributed by atoms with van der Waals surface area (Å²) in [7, 11) is 0. The van der Waals surface area contributed by atoms with Crippen LogP contribution in [-0.4, -0.2) is 38.8 Å². The molecule has 25 heavy (non-hydrogen) atoms. The summed E-state index contributed by atoms with van der Waals surface area (Å²) in [6, 6.07) is 16.1. The van der Waals surface area contributed by atoms with Crippen LogP contribution in [0.15, 0.2) is 48.5 Å². The number of carbonyl (C=O) groups is 1. The van der Waals surface area contributed by atoms with E-state index in [9.17, 15) is 4.79 Å². The Morgan fingerprint density at radius 2 is 1.64 bits per heavy atom. The van der Waals surface area contributed by atoms with Gasteiger partial charge in [0.15, 0.2) is 0 Å². The number of hydrogen-bond acceptors (Lipinski definition) is 4. The fourth-order valence-electron chi connectivity index (χ4n) is 2.82. The van der Waals surface area contributed by atoms with Gasteiger partial charge in [0, 0.05) is 30.2 Å². The molecule has 1 heterocycles. The van der Waals surface area contributed by atoms with Gasteiger partial charge in [0.1, 0.15) is 0 Å². The molecule has 1 aliphatic rings. The average molecular weight is 339 g/mol. The molecule has 0 unspecified atom stereocenters. The number of nitrogens with zero attached hydrogens (tertiary/aromatic N) is 1. The first-order chi connectivity index (χ1) is 12.2. The normalized spacial score (nSPS) is 14.2. The standard InChI is InChI=1S/C20H25N3O2/c1-2-16-3-5-18(6-4-16)22-20(24)15-21-17-7-9-19(10-8-17)23-11-13-25-14-12-23/h3-10,21H,2,11-15H2,1H3,(H,22,24). The van der Waals surface area contributed by atoms with Gasteiger partial charge in [0.25, 0.3) is 0 Å². The van der Waals surface area contributed by atoms with E-state index in [2.05, 4.69) is 34.6 Å². The van der Waals surface area contributed by atoms with Crippen LogP contribution in [0.3, 0.4) is 0 Å². The minimum atomic E-state index is -0.0542. The number of morpholine rings is 1. The lowest BCUT2D eigenvalue weighted by atomic mass is 10.1. The van der Waals surface area contributed by atoms with E-state index in [1.807, 2.05) is 36.4 Å². The molecular weight excluding hydrogens is 314 g/mol. The third-order valence-corrected chi connectivity index (χ3v) is 4.34. The molecule has 5 nitrogen and oxygen atoms in total. The maximum absolute atomic E-state index is 12.1. The smallest absolute Gasteiger partial charge is 0.243 e. The van der Waals surface area contributed by atoms with Crippen molar-refractivity contribution >= 4 is 23.0 Å². The van der Waals surface area contributed by atoms with Crippen molar-refractivity contribution in [2.45, 2.75) is 13.3 Å². The lowest BCUT2D eigenvalue weighted by Crippen LogP contribution is -2.36. The molecule has 1 aliphatic heterocycles. The van der Waals surface area contributed by atoms with Gasteiger partial charge in [-0.2, -0.15) is 0 Å². The third-order valence-electron chi connectivity index (χ3n) is 4.34. The van der Waals surface area contributed by atoms with Gasteiger partial charge < -0.3 is 20.3 Å². The monoisotopic (exact) mass is 339 g/mol. The first-order valence-corrected chi connectivity index (χ1v) is 8.80. The van der Waals surface area contributed by atoms with E-state index in [0.717, 1.165) is 44.1 Å². The van der Waals surface area contributed by atoms with Gasteiger partial charge in [-0.3, -0.25) is 4.79 Å². The number of nitrogens with one attached hydrogen (secondary N) is 2. The van der Waals surface area contributed by atoms with Gasteiger partial charge >= 0.3 is 0 Å². The summed E-state index contributed by atoms with van der Waals surface area (Å²) >= 11 is 0. The number of ether oxygens (including phenoxy) is 1. The van der Waals surface area contributed by atoms with Crippen LogP contribution in [0, 0.1) is 0 Å². The van der Waals surface area contributed by atoms with Gasteiger partial charge in [-0.15, -0.1) is 0 Å². The molecule has 0 atom stereocenters. The molecule has 0 bridgehead atoms. The quantitative estimate of drug-likeness (QED) is 0.849. The fraction of sp³-hybridized carbons (Fsp3) is 0.350. The second kappa shape index (κ2) is 8.53. The molecule has 0 spiro atoms. The molecule has 5 heteroatoms. The zero-order chi connectivity index (χ0) is 17.5. The van der Waals surface area contributed by atoms with Crippen LogP contribution in [0.2, 0.25) is 0 Å². The Bertz CT molecular complexity index is 677. The van der Waals surface area contributed by atoms with Crippen LogP contribution in [0.5, 0.6) is 0 Å². The number of carbonyl (C=O) groups excluding carboxylic acids is 1. The average Bonchev–Trinajstić information content (AvgIpc) is 2.68. The second-order valence-corrected chi connectivity index (χ2v) is 6.10. The number of hydrogen-bond donors (Lipinski definition) is 2. The van der Waals surface area contributed by atoms with Gasteiger partial charge in [-0.25, -0.2) is 0 Å². The minimum absolute atomic E-state index is 0.0542. The molecule has 0 aromatic heterocycles. The summed E-state index contributed by atoms with van der Waals surface area (Å²) in [5.74, 6) is -0.0542. The van der Waals surface area contributed by atoms with E-state index in [-0.39, 0.29) is 12.5 Å². The van der Waals surface area contributed by atoms with Crippen molar-refractivity contribution in [3.05, 3.63) is 54.1 Å². The highest BCUT2D eigenvalue weighted by Crippen LogP contribution is 2.19. The number of rotatable bonds is 6. The van der Waals surface area contributed by atoms with E-state index in [0.29, 0.717) is 0 Å². The van der Waals surface area contributed by atoms with E-state index < -0.39 is 0 Å². The summed E-state index contributed by atoms with van der Waals surface area (Å²) < 4.78 is 5.37. The van der Waals surface area contributed by atoms with Crippen LogP contribution in [0.1, 0.15) is 12.5 Å². The van der Waals surface area contributed by atoms with Crippen molar-refractivity contribution in [1.29, 1.82) is 0 Å². The van der Waals surface area contributed by atoms with Gasteiger partial charge in [-0.1, -0.05) is 19.1 Å². The molecule has 1 amide bonds. The lowest BCUT2D eigenvalue weighted by Gasteiger charge is -2.28. The van der Waals surface area contributed by atoms with Crippen LogP contribution in [-0.2, 0) is 16.0 Å². The zero-order valence-electron chi connectivity index (χ0n) is 14.6. The van der Waals surface area contributed by atoms with E-state index in [1.54, 1.807) is 0 Å². The largest absolute Gasteiger partial charge is 0.378 e. The summed E-state index contributed by atoms with van der Waals surface area (Å²) in [5.41, 5.74) is 4.21. The highest BCUT2D eigenvalue weighted by molar-refractivity contribution is 5.93. The van der Waals surface area contributed by atoms with Gasteiger partial charge in [-0.05, 0) is 48.4 Å². The third kappa shape index (κ3) is 4.97. The van der Waals surface area contributed by atoms with Crippen LogP contribution in [0.25, 0.3) is 0 Å². The molecule has 2 N–H and O–H groups in total. The van der Waals surface area contributed by atoms with E-state index in [4.69, 9.17) is 4.74 Å². The van der Waals surface area contributed by atoms with E-state index in [1.165, 1.54) is 11.3 Å². The highest BCUT2D eigenvalue weighted by Gasteiger charge is 2.10. The van der Waals surface area contributed by atoms with Crippen molar-refractivity contribution < 1.29 is 9.53 Å². The predicted molar refractivity (Wildman–Crippen MR) is 102 cm³/mol. The molecule has 0 saturated carbocycles. The Hall–Kier alpha value is -2.53. The summed E-state index contributed by atoms with van der Waals surface area (Å²) in [5, 5.41) is 6.07. The molecule has 3 rings (SSSR count). The fourth-order valence-corrected chi connectivity index (χ4v) is 2.82. The number of benzene rings is 2. The van der Waals surface area contributed by atoms with Gasteiger partial charge in [0.05, 0.1) is 19.8 Å². The number of aryl methyl sites for hydroxylation is 1. The van der Waals surface area contributed by atoms with Crippen molar-refractivity contribution in [3.8, 4) is 0 Å². The molecule has 0 aliphatic carbocycles. The summed E-state index contributed by atoms with van der Waals surface area (Å²) in [6.07, 6.45) is 0.996. The predicted octanol–water partition coefficient (Wildman–Crippen LogP) is 3.14. The van der Waals surface area contributed by atoms with Crippen LogP contribution >= 0.6 is 0 Å². The van der Waals surface area contributed by atoms with Crippen molar-refractivity contribution in [1.82, 2.24) is 0 Å². The Morgan fingerprint density at radius 1 is 1.00 bits per heavy atom. The topological polar surface area (TPSA) is 53.6 Å². The molecule has 1 fully saturated rings. The lowest BCUT2D eigenvalue weighted by molar-refractivity contribution is -0.114. The Kier molecular flexibility index (Phi) is 5.90. The maximum atomic E-state index is 12.1. The second-order valence-electron chi connectivity index (χ2n) is 6.10. The Morgan fingerprint density at radius 3 is 2.28 bits per heavy atom. The maximum Gasteiger partial charge on any atom is 0.243 e. The summed E-state index contributed by atoms with van der Waals surface area (Å²) in [6.45, 7) is 5.76. The first-order valence-electron chi connectivity index (χ1n) is 8.80. The number of amides is 1. The van der Waals surface area contributed by atoms with Crippen LogP contribution < -0.4 is 15.5 Å². The SMILES string of the molecule is CCc1ccc(NC(=O)CNc2ccc(N3CCOCC3)cc2)cc1. The Balaban J connectivity index is 1.47. The summed E-state index contributed by atoms with van der Waals surface area (Å²) in [4.78, 5) is 14.4. The highest BCUT2D eigenvalue weighted by atomic mass is 16.5. The molecule has 2 aromatic carbocycles. The number of anilines is 3. The van der Waals surface area contributed by atoms with Crippen molar-refractivity contribution in [3.63, 3.8) is 0 Å². The molecule has 1 saturated heterocycles. The zero-order valence-corrected chi connectivity index (χ0v) is 14.6. The van der Waals surface area contributed by atoms with Crippen molar-refractivity contribution in [2.24, 2.45) is 0 Å². The van der Waals surface area contributed by atoms with Crippen molar-refractivity contribution in [2.75, 3.05) is 48.4 Å². The van der Waals surface area contributed by atoms with Crippen LogP contribution in [0.4, 0.5) is 17.1 Å². The molecule has 2 aromatic rings. The molecule has 132 valence electrons. The minimum Gasteiger partial charge on any atom is -0.378 e. The Labute approximate surface area is 149 Å². The first kappa shape index (κ1) is 17.3. The van der Waals surface area contributed by atoms with E-state index >= 15 is 0 Å².